The van der Waals surface area contributed by atoms with Gasteiger partial charge in [0.05, 0.1) is 12.8 Å². The Labute approximate surface area is 125 Å². The molecule has 1 aromatic carbocycles. The fourth-order valence-electron chi connectivity index (χ4n) is 2.11. The predicted molar refractivity (Wildman–Crippen MR) is 81.4 cm³/mol. The Morgan fingerprint density at radius 2 is 2.00 bits per heavy atom. The van der Waals surface area contributed by atoms with Crippen molar-refractivity contribution >= 4 is 5.91 Å². The highest BCUT2D eigenvalue weighted by Gasteiger charge is 2.14. The summed E-state index contributed by atoms with van der Waals surface area (Å²) in [5, 5.41) is 4.20. The molecule has 0 aliphatic heterocycles. The van der Waals surface area contributed by atoms with E-state index in [2.05, 4.69) is 5.10 Å². The molecule has 0 aliphatic carbocycles. The van der Waals surface area contributed by atoms with Gasteiger partial charge in [0.2, 0.25) is 0 Å². The normalized spacial score (nSPS) is 10.5. The van der Waals surface area contributed by atoms with Gasteiger partial charge in [0.15, 0.2) is 0 Å². The predicted octanol–water partition coefficient (Wildman–Crippen LogP) is 2.40. The van der Waals surface area contributed by atoms with Crippen molar-refractivity contribution in [3.05, 3.63) is 47.3 Å². The van der Waals surface area contributed by atoms with Crippen LogP contribution in [-0.2, 0) is 13.6 Å². The van der Waals surface area contributed by atoms with E-state index >= 15 is 0 Å². The van der Waals surface area contributed by atoms with Gasteiger partial charge in [-0.05, 0) is 38.1 Å². The monoisotopic (exact) mass is 287 g/mol. The first kappa shape index (κ1) is 15.1. The lowest BCUT2D eigenvalue weighted by Gasteiger charge is -2.17. The number of carbonyl (C=O) groups excluding carboxylic acids is 1. The van der Waals surface area contributed by atoms with Gasteiger partial charge in [-0.1, -0.05) is 0 Å². The van der Waals surface area contributed by atoms with Gasteiger partial charge in [-0.3, -0.25) is 9.48 Å². The average Bonchev–Trinajstić information content (AvgIpc) is 2.79. The summed E-state index contributed by atoms with van der Waals surface area (Å²) >= 11 is 0. The van der Waals surface area contributed by atoms with E-state index in [9.17, 15) is 4.79 Å². The molecule has 1 amide bonds. The van der Waals surface area contributed by atoms with Crippen LogP contribution in [-0.4, -0.2) is 34.2 Å². The summed E-state index contributed by atoms with van der Waals surface area (Å²) in [5.41, 5.74) is 2.78. The molecule has 0 saturated carbocycles. The largest absolute Gasteiger partial charge is 0.494 e. The first-order valence-corrected chi connectivity index (χ1v) is 6.98. The first-order chi connectivity index (χ1) is 10.0. The Kier molecular flexibility index (Phi) is 4.62. The maximum Gasteiger partial charge on any atom is 0.253 e. The third-order valence-electron chi connectivity index (χ3n) is 3.50. The van der Waals surface area contributed by atoms with Crippen molar-refractivity contribution in [1.82, 2.24) is 14.7 Å². The Balaban J connectivity index is 2.06. The van der Waals surface area contributed by atoms with Crippen LogP contribution in [0.4, 0.5) is 0 Å². The fourth-order valence-corrected chi connectivity index (χ4v) is 2.11. The number of hydrogen-bond donors (Lipinski definition) is 0. The van der Waals surface area contributed by atoms with E-state index in [1.54, 1.807) is 30.3 Å². The second-order valence-electron chi connectivity index (χ2n) is 5.00. The van der Waals surface area contributed by atoms with E-state index < -0.39 is 0 Å². The van der Waals surface area contributed by atoms with Crippen LogP contribution in [0.15, 0.2) is 30.5 Å². The number of rotatable bonds is 5. The molecular formula is C16H21N3O2. The maximum atomic E-state index is 12.4. The highest BCUT2D eigenvalue weighted by Crippen LogP contribution is 2.15. The van der Waals surface area contributed by atoms with Gasteiger partial charge in [-0.25, -0.2) is 0 Å². The molecule has 2 rings (SSSR count). The van der Waals surface area contributed by atoms with Crippen molar-refractivity contribution < 1.29 is 9.53 Å². The minimum atomic E-state index is -0.0127. The molecule has 0 atom stereocenters. The summed E-state index contributed by atoms with van der Waals surface area (Å²) in [6.07, 6.45) is 1.80. The highest BCUT2D eigenvalue weighted by molar-refractivity contribution is 5.94. The van der Waals surface area contributed by atoms with Crippen molar-refractivity contribution in [3.63, 3.8) is 0 Å². The van der Waals surface area contributed by atoms with Crippen LogP contribution in [0, 0.1) is 6.92 Å². The smallest absolute Gasteiger partial charge is 0.253 e. The number of nitrogens with zero attached hydrogens (tertiary/aromatic N) is 3. The average molecular weight is 287 g/mol. The Hall–Kier alpha value is -2.30. The van der Waals surface area contributed by atoms with Gasteiger partial charge in [-0.15, -0.1) is 0 Å². The van der Waals surface area contributed by atoms with Crippen molar-refractivity contribution in [1.29, 1.82) is 0 Å². The Bertz CT molecular complexity index is 617. The van der Waals surface area contributed by atoms with Crippen molar-refractivity contribution in [2.75, 3.05) is 13.7 Å². The molecule has 0 radical (unpaired) electrons. The molecule has 0 spiro atoms. The molecule has 5 nitrogen and oxygen atoms in total. The molecule has 0 fully saturated rings. The van der Waals surface area contributed by atoms with Crippen LogP contribution in [0.25, 0.3) is 0 Å². The number of amides is 1. The minimum Gasteiger partial charge on any atom is -0.494 e. The van der Waals surface area contributed by atoms with Crippen LogP contribution in [0.3, 0.4) is 0 Å². The van der Waals surface area contributed by atoms with E-state index in [4.69, 9.17) is 4.74 Å². The zero-order valence-corrected chi connectivity index (χ0v) is 13.0. The second-order valence-corrected chi connectivity index (χ2v) is 5.00. The third kappa shape index (κ3) is 3.42. The maximum absolute atomic E-state index is 12.4. The van der Waals surface area contributed by atoms with Gasteiger partial charge in [0.25, 0.3) is 5.91 Å². The lowest BCUT2D eigenvalue weighted by Crippen LogP contribution is -2.26. The second kappa shape index (κ2) is 6.43. The van der Waals surface area contributed by atoms with E-state index in [1.807, 2.05) is 37.7 Å². The van der Waals surface area contributed by atoms with Crippen LogP contribution in [0.2, 0.25) is 0 Å². The molecule has 21 heavy (non-hydrogen) atoms. The SMILES string of the molecule is CCOc1ccc(C(=O)N(C)Cc2cnn(C)c2C)cc1. The van der Waals surface area contributed by atoms with Gasteiger partial charge in [-0.2, -0.15) is 5.10 Å². The van der Waals surface area contributed by atoms with Gasteiger partial charge in [0.1, 0.15) is 5.75 Å². The Morgan fingerprint density at radius 3 is 2.52 bits per heavy atom. The number of benzene rings is 1. The lowest BCUT2D eigenvalue weighted by molar-refractivity contribution is 0.0785. The Morgan fingerprint density at radius 1 is 1.33 bits per heavy atom. The van der Waals surface area contributed by atoms with E-state index in [0.29, 0.717) is 18.7 Å². The van der Waals surface area contributed by atoms with Crippen molar-refractivity contribution in [2.45, 2.75) is 20.4 Å². The molecule has 0 saturated heterocycles. The zero-order chi connectivity index (χ0) is 15.4. The molecule has 0 unspecified atom stereocenters. The molecule has 2 aromatic rings. The number of aromatic nitrogens is 2. The molecule has 0 aliphatic rings. The third-order valence-corrected chi connectivity index (χ3v) is 3.50. The standard InChI is InChI=1S/C16H21N3O2/c1-5-21-15-8-6-13(7-9-15)16(20)18(3)11-14-10-17-19(4)12(14)2/h6-10H,5,11H2,1-4H3. The van der Waals surface area contributed by atoms with Crippen LogP contribution in [0.1, 0.15) is 28.5 Å². The molecule has 1 aromatic heterocycles. The summed E-state index contributed by atoms with van der Waals surface area (Å²) in [4.78, 5) is 14.1. The summed E-state index contributed by atoms with van der Waals surface area (Å²) in [7, 11) is 3.69. The number of carbonyl (C=O) groups is 1. The van der Waals surface area contributed by atoms with Crippen LogP contribution < -0.4 is 4.74 Å². The lowest BCUT2D eigenvalue weighted by atomic mass is 10.1. The van der Waals surface area contributed by atoms with Crippen LogP contribution in [0.5, 0.6) is 5.75 Å². The van der Waals surface area contributed by atoms with E-state index in [1.165, 1.54) is 0 Å². The summed E-state index contributed by atoms with van der Waals surface area (Å²) < 4.78 is 7.19. The number of aryl methyl sites for hydroxylation is 1. The summed E-state index contributed by atoms with van der Waals surface area (Å²) in [6.45, 7) is 5.10. The van der Waals surface area contributed by atoms with E-state index in [-0.39, 0.29) is 5.91 Å². The molecule has 0 bridgehead atoms. The topological polar surface area (TPSA) is 47.4 Å². The number of hydrogen-bond acceptors (Lipinski definition) is 3. The molecule has 1 heterocycles. The van der Waals surface area contributed by atoms with E-state index in [0.717, 1.165) is 17.0 Å². The summed E-state index contributed by atoms with van der Waals surface area (Å²) in [6, 6.07) is 7.22. The van der Waals surface area contributed by atoms with Crippen molar-refractivity contribution in [3.8, 4) is 5.75 Å². The molecule has 112 valence electrons. The number of ether oxygens (including phenoxy) is 1. The first-order valence-electron chi connectivity index (χ1n) is 6.98. The highest BCUT2D eigenvalue weighted by atomic mass is 16.5. The quantitative estimate of drug-likeness (QED) is 0.848. The molecule has 0 N–H and O–H groups in total. The van der Waals surface area contributed by atoms with Gasteiger partial charge < -0.3 is 9.64 Å². The minimum absolute atomic E-state index is 0.0127. The van der Waals surface area contributed by atoms with Crippen LogP contribution >= 0.6 is 0 Å². The summed E-state index contributed by atoms with van der Waals surface area (Å²) in [5.74, 6) is 0.765. The zero-order valence-electron chi connectivity index (χ0n) is 13.0. The molecular weight excluding hydrogens is 266 g/mol. The van der Waals surface area contributed by atoms with Gasteiger partial charge in [0, 0.05) is 37.5 Å². The van der Waals surface area contributed by atoms with Gasteiger partial charge >= 0.3 is 0 Å². The molecule has 5 heteroatoms. The van der Waals surface area contributed by atoms with Crippen molar-refractivity contribution in [2.24, 2.45) is 7.05 Å². The fraction of sp³-hybridized carbons (Fsp3) is 0.375.